The van der Waals surface area contributed by atoms with Gasteiger partial charge in [-0.2, -0.15) is 4.98 Å². The number of fused-ring (bicyclic) bond motifs is 1. The van der Waals surface area contributed by atoms with Gasteiger partial charge in [-0.3, -0.25) is 14.9 Å². The molecule has 0 unspecified atom stereocenters. The van der Waals surface area contributed by atoms with Crippen molar-refractivity contribution in [3.8, 4) is 0 Å². The molecule has 2 N–H and O–H groups in total. The zero-order chi connectivity index (χ0) is 29.9. The molecule has 2 aliphatic rings. The molecule has 224 valence electrons. The molecule has 0 atom stereocenters. The lowest BCUT2D eigenvalue weighted by molar-refractivity contribution is 0.0981. The van der Waals surface area contributed by atoms with Crippen LogP contribution >= 0.6 is 11.8 Å². The van der Waals surface area contributed by atoms with E-state index >= 15 is 8.78 Å². The first-order chi connectivity index (χ1) is 20.9. The number of nitrogens with one attached hydrogen (secondary N) is 2. The van der Waals surface area contributed by atoms with Crippen molar-refractivity contribution in [3.63, 3.8) is 0 Å². The number of nitrogens with zero attached hydrogens (tertiary/aromatic N) is 7. The topological polar surface area (TPSA) is 85.3 Å². The Morgan fingerprint density at radius 2 is 1.65 bits per heavy atom. The van der Waals surface area contributed by atoms with Crippen LogP contribution in [0.3, 0.4) is 0 Å². The standard InChI is InChI=1S/C31H35F2N9S/c1-4-20-19-36-31(39-30(20)37-24-6-5-23-28(29(24)43-3)35-12-11-34-23)38-22-7-8-25(27(33)26(22)32)42-13-9-21(10-14-42)41-17-15-40(2)16-18-41/h4-8,11-12,19,21H,1,9-10,13-18H2,2-3H3,(H2,36,37,38,39). The van der Waals surface area contributed by atoms with E-state index in [1.807, 2.05) is 23.3 Å². The Balaban J connectivity index is 1.18. The maximum absolute atomic E-state index is 15.4. The molecule has 2 aromatic carbocycles. The summed E-state index contributed by atoms with van der Waals surface area (Å²) in [6.45, 7) is 9.53. The van der Waals surface area contributed by atoms with Crippen molar-refractivity contribution < 1.29 is 8.78 Å². The largest absolute Gasteiger partial charge is 0.369 e. The van der Waals surface area contributed by atoms with Crippen molar-refractivity contribution in [1.82, 2.24) is 29.7 Å². The molecule has 43 heavy (non-hydrogen) atoms. The third-order valence-electron chi connectivity index (χ3n) is 8.26. The van der Waals surface area contributed by atoms with Crippen LogP contribution in [0.25, 0.3) is 17.1 Å². The van der Waals surface area contributed by atoms with E-state index in [1.54, 1.807) is 36.8 Å². The molecule has 2 fully saturated rings. The normalized spacial score (nSPS) is 16.9. The summed E-state index contributed by atoms with van der Waals surface area (Å²) in [4.78, 5) is 25.5. The Hall–Kier alpha value is -3.87. The molecule has 0 saturated carbocycles. The van der Waals surface area contributed by atoms with Gasteiger partial charge >= 0.3 is 0 Å². The SMILES string of the molecule is C=Cc1cnc(Nc2ccc(N3CCC(N4CCN(C)CC4)CC3)c(F)c2F)nc1Nc1ccc2nccnc2c1SC. The van der Waals surface area contributed by atoms with E-state index in [0.717, 1.165) is 60.6 Å². The summed E-state index contributed by atoms with van der Waals surface area (Å²) in [5.41, 5.74) is 3.25. The lowest BCUT2D eigenvalue weighted by Gasteiger charge is -2.42. The summed E-state index contributed by atoms with van der Waals surface area (Å²) in [5, 5.41) is 6.20. The van der Waals surface area contributed by atoms with Crippen LogP contribution in [-0.2, 0) is 0 Å². The number of benzene rings is 2. The fourth-order valence-corrected chi connectivity index (χ4v) is 6.49. The predicted molar refractivity (Wildman–Crippen MR) is 171 cm³/mol. The highest BCUT2D eigenvalue weighted by atomic mass is 32.2. The van der Waals surface area contributed by atoms with E-state index in [4.69, 9.17) is 0 Å². The molecule has 4 heterocycles. The van der Waals surface area contributed by atoms with Gasteiger partial charge in [0, 0.05) is 69.5 Å². The Labute approximate surface area is 254 Å². The first-order valence-corrected chi connectivity index (χ1v) is 15.6. The number of piperidine rings is 1. The van der Waals surface area contributed by atoms with E-state index in [9.17, 15) is 0 Å². The van der Waals surface area contributed by atoms with Gasteiger partial charge in [-0.05, 0) is 50.4 Å². The summed E-state index contributed by atoms with van der Waals surface area (Å²) < 4.78 is 30.8. The van der Waals surface area contributed by atoms with Gasteiger partial charge in [-0.15, -0.1) is 11.8 Å². The number of anilines is 5. The minimum Gasteiger partial charge on any atom is -0.369 e. The molecule has 0 aliphatic carbocycles. The number of halogens is 2. The van der Waals surface area contributed by atoms with E-state index < -0.39 is 11.6 Å². The van der Waals surface area contributed by atoms with E-state index in [2.05, 4.69) is 54.0 Å². The molecule has 6 rings (SSSR count). The number of aromatic nitrogens is 4. The predicted octanol–water partition coefficient (Wildman–Crippen LogP) is 5.77. The van der Waals surface area contributed by atoms with Crippen LogP contribution in [0.4, 0.5) is 37.6 Å². The lowest BCUT2D eigenvalue weighted by Crippen LogP contribution is -2.52. The van der Waals surface area contributed by atoms with Crippen LogP contribution in [0.5, 0.6) is 0 Å². The zero-order valence-electron chi connectivity index (χ0n) is 24.4. The number of piperazine rings is 1. The van der Waals surface area contributed by atoms with Crippen molar-refractivity contribution in [2.24, 2.45) is 0 Å². The molecular weight excluding hydrogens is 568 g/mol. The van der Waals surface area contributed by atoms with Gasteiger partial charge in [0.15, 0.2) is 11.6 Å². The van der Waals surface area contributed by atoms with Gasteiger partial charge in [-0.1, -0.05) is 12.7 Å². The second-order valence-corrected chi connectivity index (χ2v) is 11.7. The molecule has 0 bridgehead atoms. The molecule has 12 heteroatoms. The van der Waals surface area contributed by atoms with Crippen LogP contribution in [0, 0.1) is 11.6 Å². The molecule has 9 nitrogen and oxygen atoms in total. The first-order valence-electron chi connectivity index (χ1n) is 14.4. The molecule has 2 aromatic heterocycles. The average molecular weight is 604 g/mol. The maximum Gasteiger partial charge on any atom is 0.229 e. The minimum absolute atomic E-state index is 0.0309. The highest BCUT2D eigenvalue weighted by molar-refractivity contribution is 7.99. The fraction of sp³-hybridized carbons (Fsp3) is 0.355. The summed E-state index contributed by atoms with van der Waals surface area (Å²) >= 11 is 1.54. The lowest BCUT2D eigenvalue weighted by atomic mass is 10.0. The summed E-state index contributed by atoms with van der Waals surface area (Å²) in [6, 6.07) is 7.47. The van der Waals surface area contributed by atoms with Crippen molar-refractivity contribution in [2.75, 3.05) is 68.1 Å². The third-order valence-corrected chi connectivity index (χ3v) is 9.08. The van der Waals surface area contributed by atoms with E-state index in [1.165, 1.54) is 11.8 Å². The van der Waals surface area contributed by atoms with Crippen LogP contribution in [-0.4, -0.2) is 88.3 Å². The number of likely N-dealkylation sites (N-methyl/N-ethyl adjacent to an activating group) is 1. The van der Waals surface area contributed by atoms with Gasteiger partial charge in [0.05, 0.1) is 27.5 Å². The monoisotopic (exact) mass is 603 g/mol. The fourth-order valence-electron chi connectivity index (χ4n) is 5.80. The zero-order valence-corrected chi connectivity index (χ0v) is 25.2. The Morgan fingerprint density at radius 3 is 2.40 bits per heavy atom. The smallest absolute Gasteiger partial charge is 0.229 e. The van der Waals surface area contributed by atoms with Crippen molar-refractivity contribution in [2.45, 2.75) is 23.8 Å². The first kappa shape index (κ1) is 29.2. The molecule has 4 aromatic rings. The van der Waals surface area contributed by atoms with E-state index in [-0.39, 0.29) is 17.3 Å². The van der Waals surface area contributed by atoms with Crippen molar-refractivity contribution in [3.05, 3.63) is 66.6 Å². The van der Waals surface area contributed by atoms with Crippen LogP contribution in [0.1, 0.15) is 18.4 Å². The summed E-state index contributed by atoms with van der Waals surface area (Å²) in [7, 11) is 2.15. The maximum atomic E-state index is 15.4. The number of hydrogen-bond donors (Lipinski definition) is 2. The molecule has 0 amide bonds. The molecular formula is C31H35F2N9S. The molecule has 0 radical (unpaired) electrons. The Kier molecular flexibility index (Phi) is 8.68. The van der Waals surface area contributed by atoms with Gasteiger partial charge in [0.1, 0.15) is 11.3 Å². The van der Waals surface area contributed by atoms with Gasteiger partial charge in [0.2, 0.25) is 5.95 Å². The van der Waals surface area contributed by atoms with Crippen molar-refractivity contribution in [1.29, 1.82) is 0 Å². The minimum atomic E-state index is -0.956. The van der Waals surface area contributed by atoms with Crippen molar-refractivity contribution >= 4 is 57.7 Å². The van der Waals surface area contributed by atoms with Crippen LogP contribution in [0.2, 0.25) is 0 Å². The molecule has 2 aliphatic heterocycles. The summed E-state index contributed by atoms with van der Waals surface area (Å²) in [6.07, 6.45) is 10.4. The summed E-state index contributed by atoms with van der Waals surface area (Å²) in [5.74, 6) is -1.24. The molecule has 0 spiro atoms. The van der Waals surface area contributed by atoms with Crippen LogP contribution < -0.4 is 15.5 Å². The highest BCUT2D eigenvalue weighted by Crippen LogP contribution is 2.35. The van der Waals surface area contributed by atoms with E-state index in [0.29, 0.717) is 30.5 Å². The van der Waals surface area contributed by atoms with Gasteiger partial charge < -0.3 is 20.4 Å². The van der Waals surface area contributed by atoms with Crippen LogP contribution in [0.15, 0.2) is 54.3 Å². The van der Waals surface area contributed by atoms with Gasteiger partial charge in [-0.25, -0.2) is 13.8 Å². The number of thioether (sulfide) groups is 1. The Morgan fingerprint density at radius 1 is 0.907 bits per heavy atom. The second-order valence-electron chi connectivity index (χ2n) is 10.8. The number of rotatable bonds is 8. The highest BCUT2D eigenvalue weighted by Gasteiger charge is 2.28. The third kappa shape index (κ3) is 6.13. The average Bonchev–Trinajstić information content (AvgIpc) is 3.04. The van der Waals surface area contributed by atoms with Gasteiger partial charge in [0.25, 0.3) is 0 Å². The quantitative estimate of drug-likeness (QED) is 0.242. The molecule has 2 saturated heterocycles. The number of hydrogen-bond acceptors (Lipinski definition) is 10. The second kappa shape index (κ2) is 12.8. The Bertz CT molecular complexity index is 1620.